The Hall–Kier alpha value is -1.26. The molecule has 0 radical (unpaired) electrons. The Morgan fingerprint density at radius 3 is 2.43 bits per heavy atom. The summed E-state index contributed by atoms with van der Waals surface area (Å²) in [5.74, 6) is 0.934. The molecule has 2 aliphatic rings. The number of carbonyl (C=O) groups excluding carboxylic acids is 1. The predicted molar refractivity (Wildman–Crippen MR) is 86.3 cm³/mol. The Morgan fingerprint density at radius 2 is 1.86 bits per heavy atom. The van der Waals surface area contributed by atoms with Crippen molar-refractivity contribution in [2.45, 2.75) is 37.6 Å². The van der Waals surface area contributed by atoms with Crippen molar-refractivity contribution in [3.63, 3.8) is 0 Å². The fourth-order valence-corrected chi connectivity index (χ4v) is 3.69. The molecule has 2 aliphatic heterocycles. The molecule has 2 heterocycles. The zero-order valence-electron chi connectivity index (χ0n) is 12.4. The summed E-state index contributed by atoms with van der Waals surface area (Å²) in [6.07, 6.45) is 5.43. The normalized spacial score (nSPS) is 19.7. The zero-order chi connectivity index (χ0) is 14.0. The smallest absolute Gasteiger partial charge is 0.226 e. The number of amides is 1. The summed E-state index contributed by atoms with van der Waals surface area (Å²) in [5, 5.41) is 3.01. The number of fused-ring (bicyclic) bond motifs is 1. The van der Waals surface area contributed by atoms with Crippen LogP contribution in [-0.2, 0) is 4.79 Å². The summed E-state index contributed by atoms with van der Waals surface area (Å²) in [4.78, 5) is 14.8. The highest BCUT2D eigenvalue weighted by atomic mass is 35.5. The minimum atomic E-state index is 0. The molecule has 3 rings (SSSR count). The van der Waals surface area contributed by atoms with Gasteiger partial charge in [-0.1, -0.05) is 0 Å². The average molecular weight is 311 g/mol. The number of ether oxygens (including phenoxy) is 1. The molecule has 2 saturated heterocycles. The second-order valence-corrected chi connectivity index (χ2v) is 5.87. The molecule has 0 aliphatic carbocycles. The second-order valence-electron chi connectivity index (χ2n) is 5.87. The van der Waals surface area contributed by atoms with Crippen molar-refractivity contribution in [1.29, 1.82) is 0 Å². The van der Waals surface area contributed by atoms with Crippen molar-refractivity contribution in [1.82, 2.24) is 4.90 Å². The minimum Gasteiger partial charge on any atom is -0.497 e. The van der Waals surface area contributed by atoms with Crippen LogP contribution in [0.2, 0.25) is 0 Å². The number of anilines is 1. The molecule has 1 N–H and O–H groups in total. The average Bonchev–Trinajstić information content (AvgIpc) is 2.98. The van der Waals surface area contributed by atoms with Gasteiger partial charge in [0.1, 0.15) is 5.75 Å². The van der Waals surface area contributed by atoms with Crippen LogP contribution >= 0.6 is 12.4 Å². The van der Waals surface area contributed by atoms with E-state index in [4.69, 9.17) is 4.74 Å². The first-order valence-electron chi connectivity index (χ1n) is 7.41. The molecule has 1 aromatic carbocycles. The number of hydrogen-bond donors (Lipinski definition) is 1. The van der Waals surface area contributed by atoms with Crippen LogP contribution in [0, 0.1) is 0 Å². The Labute approximate surface area is 132 Å². The predicted octanol–water partition coefficient (Wildman–Crippen LogP) is 3.07. The maximum atomic E-state index is 12.3. The van der Waals surface area contributed by atoms with E-state index in [2.05, 4.69) is 10.2 Å². The highest BCUT2D eigenvalue weighted by molar-refractivity contribution is 5.91. The van der Waals surface area contributed by atoms with Gasteiger partial charge in [-0.25, -0.2) is 0 Å². The van der Waals surface area contributed by atoms with Gasteiger partial charge in [-0.2, -0.15) is 0 Å². The number of carbonyl (C=O) groups is 1. The summed E-state index contributed by atoms with van der Waals surface area (Å²) in [5.41, 5.74) is 0.992. The van der Waals surface area contributed by atoms with Crippen LogP contribution in [-0.4, -0.2) is 36.5 Å². The molecule has 4 nitrogen and oxygen atoms in total. The summed E-state index contributed by atoms with van der Waals surface area (Å²) in [6, 6.07) is 7.50. The molecule has 1 amide bonds. The van der Waals surface area contributed by atoms with E-state index in [9.17, 15) is 4.79 Å². The molecular weight excluding hydrogens is 288 g/mol. The van der Waals surface area contributed by atoms with Gasteiger partial charge in [0.2, 0.25) is 5.91 Å². The van der Waals surface area contributed by atoms with Gasteiger partial charge in [0.05, 0.1) is 7.11 Å². The lowest BCUT2D eigenvalue weighted by Gasteiger charge is -2.31. The van der Waals surface area contributed by atoms with Gasteiger partial charge in [0, 0.05) is 17.6 Å². The van der Waals surface area contributed by atoms with Crippen LogP contribution in [0.15, 0.2) is 24.3 Å². The molecule has 0 bridgehead atoms. The molecule has 116 valence electrons. The molecule has 5 heteroatoms. The third kappa shape index (κ3) is 3.33. The van der Waals surface area contributed by atoms with Crippen LogP contribution in [0.3, 0.4) is 0 Å². The van der Waals surface area contributed by atoms with E-state index in [1.165, 1.54) is 25.7 Å². The number of hydrogen-bond acceptors (Lipinski definition) is 3. The topological polar surface area (TPSA) is 41.6 Å². The minimum absolute atomic E-state index is 0. The second kappa shape index (κ2) is 6.67. The number of nitrogens with one attached hydrogen (secondary N) is 1. The van der Waals surface area contributed by atoms with E-state index in [1.54, 1.807) is 7.11 Å². The molecule has 0 atom stereocenters. The molecular formula is C16H23ClN2O2. The third-order valence-electron chi connectivity index (χ3n) is 4.67. The van der Waals surface area contributed by atoms with Gasteiger partial charge in [-0.15, -0.1) is 12.4 Å². The number of nitrogens with zero attached hydrogens (tertiary/aromatic N) is 1. The first kappa shape index (κ1) is 16.1. The number of methoxy groups -OCH3 is 1. The van der Waals surface area contributed by atoms with Gasteiger partial charge < -0.3 is 10.1 Å². The largest absolute Gasteiger partial charge is 0.497 e. The first-order chi connectivity index (χ1) is 9.72. The van der Waals surface area contributed by atoms with Crippen LogP contribution in [0.4, 0.5) is 5.69 Å². The van der Waals surface area contributed by atoms with Crippen molar-refractivity contribution < 1.29 is 9.53 Å². The quantitative estimate of drug-likeness (QED) is 0.929. The van der Waals surface area contributed by atoms with Gasteiger partial charge in [0.15, 0.2) is 0 Å². The van der Waals surface area contributed by atoms with Crippen molar-refractivity contribution in [2.24, 2.45) is 0 Å². The maximum absolute atomic E-state index is 12.3. The van der Waals surface area contributed by atoms with E-state index in [-0.39, 0.29) is 23.9 Å². The van der Waals surface area contributed by atoms with Crippen LogP contribution < -0.4 is 10.1 Å². The van der Waals surface area contributed by atoms with Crippen molar-refractivity contribution in [3.8, 4) is 5.75 Å². The van der Waals surface area contributed by atoms with Crippen LogP contribution in [0.1, 0.15) is 32.1 Å². The SMILES string of the molecule is COc1ccc(NC(=O)CC23CCCN2CCC3)cc1.Cl. The van der Waals surface area contributed by atoms with Gasteiger partial charge >= 0.3 is 0 Å². The van der Waals surface area contributed by atoms with Gasteiger partial charge in [-0.05, 0) is 63.0 Å². The lowest BCUT2D eigenvalue weighted by atomic mass is 9.90. The molecule has 0 unspecified atom stereocenters. The standard InChI is InChI=1S/C16H22N2O2.ClH/c1-20-14-6-4-13(5-7-14)17-15(19)12-16-8-2-10-18(16)11-3-9-16;/h4-7H,2-3,8-12H2,1H3,(H,17,19);1H. The lowest BCUT2D eigenvalue weighted by molar-refractivity contribution is -0.118. The van der Waals surface area contributed by atoms with Crippen molar-refractivity contribution >= 4 is 24.0 Å². The first-order valence-corrected chi connectivity index (χ1v) is 7.41. The third-order valence-corrected chi connectivity index (χ3v) is 4.67. The van der Waals surface area contributed by atoms with E-state index in [0.29, 0.717) is 6.42 Å². The Balaban J connectivity index is 0.00000161. The summed E-state index contributed by atoms with van der Waals surface area (Å²) in [6.45, 7) is 2.33. The van der Waals surface area contributed by atoms with Gasteiger partial charge in [0.25, 0.3) is 0 Å². The van der Waals surface area contributed by atoms with Crippen LogP contribution in [0.5, 0.6) is 5.75 Å². The highest BCUT2D eigenvalue weighted by Gasteiger charge is 2.45. The Bertz CT molecular complexity index is 480. The van der Waals surface area contributed by atoms with E-state index < -0.39 is 0 Å². The van der Waals surface area contributed by atoms with E-state index >= 15 is 0 Å². The van der Waals surface area contributed by atoms with Crippen LogP contribution in [0.25, 0.3) is 0 Å². The highest BCUT2D eigenvalue weighted by Crippen LogP contribution is 2.41. The lowest BCUT2D eigenvalue weighted by Crippen LogP contribution is -2.41. The molecule has 0 spiro atoms. The fraction of sp³-hybridized carbons (Fsp3) is 0.562. The molecule has 0 aromatic heterocycles. The molecule has 0 saturated carbocycles. The monoisotopic (exact) mass is 310 g/mol. The summed E-state index contributed by atoms with van der Waals surface area (Å²) < 4.78 is 5.12. The number of rotatable bonds is 4. The molecule has 21 heavy (non-hydrogen) atoms. The fourth-order valence-electron chi connectivity index (χ4n) is 3.69. The Kier molecular flexibility index (Phi) is 5.12. The Morgan fingerprint density at radius 1 is 1.24 bits per heavy atom. The zero-order valence-corrected chi connectivity index (χ0v) is 13.2. The van der Waals surface area contributed by atoms with Crippen molar-refractivity contribution in [3.05, 3.63) is 24.3 Å². The number of halogens is 1. The van der Waals surface area contributed by atoms with E-state index in [0.717, 1.165) is 24.5 Å². The van der Waals surface area contributed by atoms with Crippen molar-refractivity contribution in [2.75, 3.05) is 25.5 Å². The maximum Gasteiger partial charge on any atom is 0.226 e. The summed E-state index contributed by atoms with van der Waals surface area (Å²) in [7, 11) is 1.64. The van der Waals surface area contributed by atoms with Gasteiger partial charge in [-0.3, -0.25) is 9.69 Å². The van der Waals surface area contributed by atoms with E-state index in [1.807, 2.05) is 24.3 Å². The number of benzene rings is 1. The summed E-state index contributed by atoms with van der Waals surface area (Å²) >= 11 is 0. The molecule has 2 fully saturated rings. The molecule has 1 aromatic rings.